The Bertz CT molecular complexity index is 1440. The van der Waals surface area contributed by atoms with Gasteiger partial charge in [-0.25, -0.2) is 14.5 Å². The predicted molar refractivity (Wildman–Crippen MR) is 144 cm³/mol. The molecule has 4 amide bonds. The smallest absolute Gasteiger partial charge is 0.335 e. The van der Waals surface area contributed by atoms with Crippen LogP contribution in [0.1, 0.15) is 21.5 Å². The minimum atomic E-state index is -1.15. The van der Waals surface area contributed by atoms with Crippen LogP contribution in [-0.4, -0.2) is 36.0 Å². The molecule has 1 aliphatic rings. The molecular weight excluding hydrogens is 615 g/mol. The van der Waals surface area contributed by atoms with E-state index in [0.717, 1.165) is 10.5 Å². The number of carbonyl (C=O) groups is 4. The van der Waals surface area contributed by atoms with Gasteiger partial charge < -0.3 is 14.6 Å². The van der Waals surface area contributed by atoms with Crippen LogP contribution in [-0.2, 0) is 16.2 Å². The lowest BCUT2D eigenvalue weighted by atomic mass is 10.1. The second-order valence-electron chi connectivity index (χ2n) is 7.76. The predicted octanol–water partition coefficient (Wildman–Crippen LogP) is 4.90. The van der Waals surface area contributed by atoms with E-state index in [0.29, 0.717) is 25.7 Å². The zero-order valence-corrected chi connectivity index (χ0v) is 22.1. The number of nitrogens with zero attached hydrogens (tertiary/aromatic N) is 1. The average molecular weight is 633 g/mol. The molecule has 1 aliphatic heterocycles. The van der Waals surface area contributed by atoms with Crippen molar-refractivity contribution in [2.75, 3.05) is 12.0 Å². The molecule has 0 radical (unpaired) electrons. The molecule has 0 aromatic heterocycles. The first kappa shape index (κ1) is 26.2. The van der Waals surface area contributed by atoms with Gasteiger partial charge in [0.05, 0.1) is 21.9 Å². The summed E-state index contributed by atoms with van der Waals surface area (Å²) in [6, 6.07) is 14.7. The van der Waals surface area contributed by atoms with E-state index in [1.54, 1.807) is 24.3 Å². The number of benzene rings is 3. The number of urea groups is 1. The molecule has 0 saturated carbocycles. The fourth-order valence-corrected chi connectivity index (χ4v) is 4.42. The molecule has 4 rings (SSSR count). The van der Waals surface area contributed by atoms with Crippen LogP contribution in [0.5, 0.6) is 11.5 Å². The van der Waals surface area contributed by atoms with Crippen molar-refractivity contribution in [2.45, 2.75) is 6.61 Å². The maximum absolute atomic E-state index is 13.2. The first-order valence-corrected chi connectivity index (χ1v) is 12.1. The topological polar surface area (TPSA) is 122 Å². The molecular formula is C26H18ClIN2O7. The van der Waals surface area contributed by atoms with Crippen molar-refractivity contribution < 1.29 is 33.8 Å². The highest BCUT2D eigenvalue weighted by atomic mass is 127. The van der Waals surface area contributed by atoms with Gasteiger partial charge >= 0.3 is 12.0 Å². The molecule has 0 aliphatic carbocycles. The SMILES string of the molecule is COc1cc(/C=C2\C(=O)NC(=O)N(c3ccc(C(=O)O)cc3)C2=O)cc(I)c1OCc1ccc(Cl)cc1. The number of hydrogen-bond donors (Lipinski definition) is 2. The molecule has 11 heteroatoms. The zero-order valence-electron chi connectivity index (χ0n) is 19.2. The van der Waals surface area contributed by atoms with Crippen LogP contribution in [0.25, 0.3) is 6.08 Å². The number of aromatic carboxylic acids is 1. The van der Waals surface area contributed by atoms with Gasteiger partial charge in [0, 0.05) is 5.02 Å². The van der Waals surface area contributed by atoms with E-state index in [1.807, 2.05) is 12.1 Å². The van der Waals surface area contributed by atoms with Crippen LogP contribution in [0.4, 0.5) is 10.5 Å². The molecule has 1 saturated heterocycles. The van der Waals surface area contributed by atoms with Gasteiger partial charge in [-0.3, -0.25) is 14.9 Å². The van der Waals surface area contributed by atoms with E-state index in [4.69, 9.17) is 26.2 Å². The number of hydrogen-bond acceptors (Lipinski definition) is 6. The Morgan fingerprint density at radius 3 is 2.38 bits per heavy atom. The number of ether oxygens (including phenoxy) is 2. The standard InChI is InChI=1S/C26H18ClIN2O7/c1-36-21-12-15(11-20(28)22(21)37-13-14-2-6-17(27)7-3-14)10-19-23(31)29-26(35)30(24(19)32)18-8-4-16(5-9-18)25(33)34/h2-12H,13H2,1H3,(H,33,34)(H,29,31,35)/b19-10+. The third-order valence-electron chi connectivity index (χ3n) is 5.33. The third kappa shape index (κ3) is 5.75. The van der Waals surface area contributed by atoms with Crippen LogP contribution >= 0.6 is 34.2 Å². The van der Waals surface area contributed by atoms with E-state index in [2.05, 4.69) is 27.9 Å². The van der Waals surface area contributed by atoms with Gasteiger partial charge in [-0.15, -0.1) is 0 Å². The summed E-state index contributed by atoms with van der Waals surface area (Å²) in [5, 5.41) is 11.8. The van der Waals surface area contributed by atoms with Crippen molar-refractivity contribution in [3.05, 3.63) is 91.5 Å². The molecule has 0 atom stereocenters. The lowest BCUT2D eigenvalue weighted by Gasteiger charge is -2.26. The normalized spacial score (nSPS) is 14.5. The molecule has 0 unspecified atom stereocenters. The zero-order chi connectivity index (χ0) is 26.7. The Hall–Kier alpha value is -3.90. The molecule has 9 nitrogen and oxygen atoms in total. The Kier molecular flexibility index (Phi) is 7.79. The van der Waals surface area contributed by atoms with E-state index < -0.39 is 23.8 Å². The van der Waals surface area contributed by atoms with E-state index in [9.17, 15) is 19.2 Å². The third-order valence-corrected chi connectivity index (χ3v) is 6.39. The first-order valence-electron chi connectivity index (χ1n) is 10.7. The molecule has 0 spiro atoms. The number of anilines is 1. The Labute approximate surface area is 229 Å². The van der Waals surface area contributed by atoms with Crippen molar-refractivity contribution in [3.63, 3.8) is 0 Å². The number of carboxylic acid groups (broad SMARTS) is 1. The molecule has 188 valence electrons. The van der Waals surface area contributed by atoms with Crippen molar-refractivity contribution in [1.29, 1.82) is 0 Å². The second kappa shape index (κ2) is 11.0. The number of methoxy groups -OCH3 is 1. The maximum atomic E-state index is 13.2. The van der Waals surface area contributed by atoms with Crippen LogP contribution in [0.15, 0.2) is 66.2 Å². The molecule has 0 bridgehead atoms. The van der Waals surface area contributed by atoms with E-state index in [-0.39, 0.29) is 23.4 Å². The number of barbiturate groups is 1. The fourth-order valence-electron chi connectivity index (χ4n) is 3.51. The van der Waals surface area contributed by atoms with E-state index in [1.165, 1.54) is 37.5 Å². The van der Waals surface area contributed by atoms with Gasteiger partial charge in [-0.1, -0.05) is 23.7 Å². The molecule has 1 fully saturated rings. The fraction of sp³-hybridized carbons (Fsp3) is 0.0769. The molecule has 3 aromatic rings. The van der Waals surface area contributed by atoms with Gasteiger partial charge in [0.25, 0.3) is 11.8 Å². The average Bonchev–Trinajstić information content (AvgIpc) is 2.86. The quantitative estimate of drug-likeness (QED) is 0.216. The minimum Gasteiger partial charge on any atom is -0.493 e. The van der Waals surface area contributed by atoms with Crippen LogP contribution in [0.3, 0.4) is 0 Å². The summed E-state index contributed by atoms with van der Waals surface area (Å²) in [5.74, 6) is -2.00. The summed E-state index contributed by atoms with van der Waals surface area (Å²) < 4.78 is 12.1. The number of halogens is 2. The molecule has 3 aromatic carbocycles. The number of imide groups is 2. The highest BCUT2D eigenvalue weighted by molar-refractivity contribution is 14.1. The van der Waals surface area contributed by atoms with Crippen molar-refractivity contribution >= 4 is 69.8 Å². The number of nitrogens with one attached hydrogen (secondary N) is 1. The van der Waals surface area contributed by atoms with E-state index >= 15 is 0 Å². The summed E-state index contributed by atoms with van der Waals surface area (Å²) in [5.41, 5.74) is 1.19. The summed E-state index contributed by atoms with van der Waals surface area (Å²) >= 11 is 7.99. The summed E-state index contributed by atoms with van der Waals surface area (Å²) in [4.78, 5) is 50.0. The van der Waals surface area contributed by atoms with Crippen molar-refractivity contribution in [2.24, 2.45) is 0 Å². The lowest BCUT2D eigenvalue weighted by molar-refractivity contribution is -0.122. The van der Waals surface area contributed by atoms with Gasteiger partial charge in [0.2, 0.25) is 0 Å². The summed E-state index contributed by atoms with van der Waals surface area (Å²) in [6.07, 6.45) is 1.34. The van der Waals surface area contributed by atoms with Crippen molar-refractivity contribution in [3.8, 4) is 11.5 Å². The first-order chi connectivity index (χ1) is 17.7. The number of carbonyl (C=O) groups excluding carboxylic acids is 3. The number of amides is 4. The largest absolute Gasteiger partial charge is 0.493 e. The summed E-state index contributed by atoms with van der Waals surface area (Å²) in [7, 11) is 1.47. The monoisotopic (exact) mass is 632 g/mol. The van der Waals surface area contributed by atoms with Gasteiger partial charge in [-0.05, 0) is 88.3 Å². The number of rotatable bonds is 7. The molecule has 1 heterocycles. The lowest BCUT2D eigenvalue weighted by Crippen LogP contribution is -2.54. The Balaban J connectivity index is 1.62. The second-order valence-corrected chi connectivity index (χ2v) is 9.36. The maximum Gasteiger partial charge on any atom is 0.335 e. The van der Waals surface area contributed by atoms with Crippen LogP contribution < -0.4 is 19.7 Å². The number of carboxylic acids is 1. The summed E-state index contributed by atoms with van der Waals surface area (Å²) in [6.45, 7) is 0.266. The minimum absolute atomic E-state index is 0.0134. The molecule has 2 N–H and O–H groups in total. The highest BCUT2D eigenvalue weighted by Crippen LogP contribution is 2.35. The Morgan fingerprint density at radius 2 is 1.76 bits per heavy atom. The van der Waals surface area contributed by atoms with Crippen LogP contribution in [0, 0.1) is 3.57 Å². The highest BCUT2D eigenvalue weighted by Gasteiger charge is 2.37. The van der Waals surface area contributed by atoms with Gasteiger partial charge in [-0.2, -0.15) is 0 Å². The molecule has 37 heavy (non-hydrogen) atoms. The van der Waals surface area contributed by atoms with Gasteiger partial charge in [0.15, 0.2) is 11.5 Å². The van der Waals surface area contributed by atoms with Crippen LogP contribution in [0.2, 0.25) is 5.02 Å². The van der Waals surface area contributed by atoms with Crippen molar-refractivity contribution in [1.82, 2.24) is 5.32 Å². The van der Waals surface area contributed by atoms with Gasteiger partial charge in [0.1, 0.15) is 12.2 Å². The Morgan fingerprint density at radius 1 is 1.08 bits per heavy atom.